The molecule has 0 unspecified atom stereocenters. The molecule has 1 fully saturated rings. The van der Waals surface area contributed by atoms with Crippen LogP contribution in [0.4, 0.5) is 0 Å². The van der Waals surface area contributed by atoms with E-state index in [4.69, 9.17) is 0 Å². The average Bonchev–Trinajstić information content (AvgIpc) is 2.75. The van der Waals surface area contributed by atoms with Gasteiger partial charge in [0.25, 0.3) is 0 Å². The minimum Gasteiger partial charge on any atom is -0.345 e. The second-order valence-corrected chi connectivity index (χ2v) is 4.78. The van der Waals surface area contributed by atoms with Crippen LogP contribution in [0.1, 0.15) is 50.0 Å². The van der Waals surface area contributed by atoms with Crippen LogP contribution in [-0.2, 0) is 0 Å². The highest BCUT2D eigenvalue weighted by Gasteiger charge is 2.27. The molecule has 2 nitrogen and oxygen atoms in total. The van der Waals surface area contributed by atoms with Gasteiger partial charge in [-0.1, -0.05) is 13.8 Å². The molecule has 3 heteroatoms. The maximum Gasteiger partial charge on any atom is 0.122 e. The van der Waals surface area contributed by atoms with Crippen molar-refractivity contribution in [3.8, 4) is 0 Å². The standard InChI is InChI=1S/C9H13IN2/c1-5(2)7-8(10)12-9(11-7)6-3-4-6/h5-6H,3-4H2,1-2H3,(H,11,12). The Morgan fingerprint density at radius 2 is 2.17 bits per heavy atom. The van der Waals surface area contributed by atoms with Gasteiger partial charge in [-0.2, -0.15) is 0 Å². The van der Waals surface area contributed by atoms with E-state index in [1.54, 1.807) is 0 Å². The van der Waals surface area contributed by atoms with E-state index >= 15 is 0 Å². The Labute approximate surface area is 86.3 Å². The van der Waals surface area contributed by atoms with Gasteiger partial charge in [0.1, 0.15) is 9.53 Å². The summed E-state index contributed by atoms with van der Waals surface area (Å²) in [5.41, 5.74) is 1.30. The summed E-state index contributed by atoms with van der Waals surface area (Å²) in [6.07, 6.45) is 2.64. The quantitative estimate of drug-likeness (QED) is 0.826. The smallest absolute Gasteiger partial charge is 0.122 e. The van der Waals surface area contributed by atoms with Gasteiger partial charge in [0, 0.05) is 5.92 Å². The summed E-state index contributed by atoms with van der Waals surface area (Å²) in [5.74, 6) is 2.52. The van der Waals surface area contributed by atoms with Gasteiger partial charge < -0.3 is 4.98 Å². The van der Waals surface area contributed by atoms with Crippen molar-refractivity contribution in [1.82, 2.24) is 9.97 Å². The summed E-state index contributed by atoms with van der Waals surface area (Å²) in [6.45, 7) is 4.40. The minimum atomic E-state index is 0.567. The number of aromatic amines is 1. The number of imidazole rings is 1. The molecule has 0 amide bonds. The van der Waals surface area contributed by atoms with Crippen LogP contribution in [0.3, 0.4) is 0 Å². The van der Waals surface area contributed by atoms with Crippen LogP contribution < -0.4 is 0 Å². The van der Waals surface area contributed by atoms with Crippen molar-refractivity contribution in [3.05, 3.63) is 15.2 Å². The van der Waals surface area contributed by atoms with E-state index in [0.29, 0.717) is 5.92 Å². The van der Waals surface area contributed by atoms with Crippen molar-refractivity contribution < 1.29 is 0 Å². The lowest BCUT2D eigenvalue weighted by atomic mass is 10.2. The largest absolute Gasteiger partial charge is 0.345 e. The van der Waals surface area contributed by atoms with Crippen molar-refractivity contribution in [1.29, 1.82) is 0 Å². The zero-order valence-corrected chi connectivity index (χ0v) is 9.55. The van der Waals surface area contributed by atoms with E-state index in [1.807, 2.05) is 0 Å². The summed E-state index contributed by atoms with van der Waals surface area (Å²) >= 11 is 2.32. The molecule has 0 radical (unpaired) electrons. The van der Waals surface area contributed by atoms with Gasteiger partial charge in [0.2, 0.25) is 0 Å². The fourth-order valence-electron chi connectivity index (χ4n) is 1.32. The van der Waals surface area contributed by atoms with Crippen molar-refractivity contribution in [2.24, 2.45) is 0 Å². The molecule has 0 atom stereocenters. The molecule has 0 aliphatic heterocycles. The molecule has 66 valence electrons. The first-order chi connectivity index (χ1) is 5.68. The molecular formula is C9H13IN2. The molecule has 0 spiro atoms. The van der Waals surface area contributed by atoms with E-state index in [1.165, 1.54) is 24.4 Å². The van der Waals surface area contributed by atoms with Crippen molar-refractivity contribution >= 4 is 22.6 Å². The van der Waals surface area contributed by atoms with Gasteiger partial charge in [-0.25, -0.2) is 4.98 Å². The number of hydrogen-bond acceptors (Lipinski definition) is 1. The third-order valence-electron chi connectivity index (χ3n) is 2.25. The van der Waals surface area contributed by atoms with Gasteiger partial charge in [0.05, 0.1) is 5.69 Å². The number of nitrogens with zero attached hydrogens (tertiary/aromatic N) is 1. The fraction of sp³-hybridized carbons (Fsp3) is 0.667. The Bertz CT molecular complexity index is 287. The molecule has 1 N–H and O–H groups in total. The number of halogens is 1. The van der Waals surface area contributed by atoms with Crippen LogP contribution in [0, 0.1) is 3.70 Å². The van der Waals surface area contributed by atoms with Crippen LogP contribution >= 0.6 is 22.6 Å². The number of hydrogen-bond donors (Lipinski definition) is 1. The van der Waals surface area contributed by atoms with Crippen LogP contribution in [0.2, 0.25) is 0 Å². The molecule has 0 aromatic carbocycles. The predicted molar refractivity (Wildman–Crippen MR) is 57.4 cm³/mol. The molecule has 1 heterocycles. The molecule has 1 aliphatic carbocycles. The highest BCUT2D eigenvalue weighted by atomic mass is 127. The number of aromatic nitrogens is 2. The highest BCUT2D eigenvalue weighted by molar-refractivity contribution is 14.1. The first-order valence-electron chi connectivity index (χ1n) is 4.43. The van der Waals surface area contributed by atoms with Gasteiger partial charge in [-0.05, 0) is 41.4 Å². The van der Waals surface area contributed by atoms with Crippen molar-refractivity contribution in [2.75, 3.05) is 0 Å². The molecule has 2 rings (SSSR count). The second-order valence-electron chi connectivity index (χ2n) is 3.76. The van der Waals surface area contributed by atoms with Crippen molar-refractivity contribution in [3.63, 3.8) is 0 Å². The molecule has 1 aromatic heterocycles. The molecular weight excluding hydrogens is 263 g/mol. The van der Waals surface area contributed by atoms with Crippen LogP contribution in [-0.4, -0.2) is 9.97 Å². The topological polar surface area (TPSA) is 28.7 Å². The molecule has 1 saturated carbocycles. The Morgan fingerprint density at radius 3 is 2.58 bits per heavy atom. The summed E-state index contributed by atoms with van der Waals surface area (Å²) in [7, 11) is 0. The summed E-state index contributed by atoms with van der Waals surface area (Å²) in [4.78, 5) is 7.95. The molecule has 1 aromatic rings. The Kier molecular flexibility index (Phi) is 2.14. The lowest BCUT2D eigenvalue weighted by molar-refractivity contribution is 0.817. The van der Waals surface area contributed by atoms with E-state index in [0.717, 1.165) is 9.62 Å². The number of nitrogens with one attached hydrogen (secondary N) is 1. The first-order valence-corrected chi connectivity index (χ1v) is 5.51. The average molecular weight is 276 g/mol. The SMILES string of the molecule is CC(C)c1[nH]c(C2CC2)nc1I. The van der Waals surface area contributed by atoms with Gasteiger partial charge in [-0.3, -0.25) is 0 Å². The minimum absolute atomic E-state index is 0.567. The second kappa shape index (κ2) is 3.01. The zero-order chi connectivity index (χ0) is 8.72. The lowest BCUT2D eigenvalue weighted by Gasteiger charge is -1.99. The Hall–Kier alpha value is -0.0600. The van der Waals surface area contributed by atoms with E-state index in [9.17, 15) is 0 Å². The normalized spacial score (nSPS) is 17.3. The Balaban J connectivity index is 2.30. The van der Waals surface area contributed by atoms with Crippen LogP contribution in [0.5, 0.6) is 0 Å². The molecule has 1 aliphatic rings. The predicted octanol–water partition coefficient (Wildman–Crippen LogP) is 3.02. The van der Waals surface area contributed by atoms with E-state index in [-0.39, 0.29) is 0 Å². The highest BCUT2D eigenvalue weighted by Crippen LogP contribution is 2.39. The maximum atomic E-state index is 4.53. The van der Waals surface area contributed by atoms with Crippen LogP contribution in [0.25, 0.3) is 0 Å². The van der Waals surface area contributed by atoms with E-state index in [2.05, 4.69) is 46.4 Å². The van der Waals surface area contributed by atoms with Crippen LogP contribution in [0.15, 0.2) is 0 Å². The lowest BCUT2D eigenvalue weighted by Crippen LogP contribution is -1.90. The molecule has 0 bridgehead atoms. The number of rotatable bonds is 2. The van der Waals surface area contributed by atoms with E-state index < -0.39 is 0 Å². The Morgan fingerprint density at radius 1 is 1.50 bits per heavy atom. The molecule has 0 saturated heterocycles. The maximum absolute atomic E-state index is 4.53. The fourth-order valence-corrected chi connectivity index (χ4v) is 2.33. The first kappa shape index (κ1) is 8.53. The zero-order valence-electron chi connectivity index (χ0n) is 7.39. The molecule has 12 heavy (non-hydrogen) atoms. The summed E-state index contributed by atoms with van der Waals surface area (Å²) < 4.78 is 1.16. The monoisotopic (exact) mass is 276 g/mol. The summed E-state index contributed by atoms with van der Waals surface area (Å²) in [5, 5.41) is 0. The third kappa shape index (κ3) is 1.51. The van der Waals surface area contributed by atoms with Gasteiger partial charge in [0.15, 0.2) is 0 Å². The summed E-state index contributed by atoms with van der Waals surface area (Å²) in [6, 6.07) is 0. The number of H-pyrrole nitrogens is 1. The van der Waals surface area contributed by atoms with Crippen molar-refractivity contribution in [2.45, 2.75) is 38.5 Å². The van der Waals surface area contributed by atoms with Gasteiger partial charge in [-0.15, -0.1) is 0 Å². The van der Waals surface area contributed by atoms with Gasteiger partial charge >= 0.3 is 0 Å². The third-order valence-corrected chi connectivity index (χ3v) is 3.07.